The highest BCUT2D eigenvalue weighted by Crippen LogP contribution is 2.48. The largest absolute Gasteiger partial charge is 0.508 e. The summed E-state index contributed by atoms with van der Waals surface area (Å²) in [5.74, 6) is -5.98. The third kappa shape index (κ3) is 7.26. The quantitative estimate of drug-likeness (QED) is 0.147. The normalized spacial score (nSPS) is 21.9. The molecular weight excluding hydrogens is 608 g/mol. The van der Waals surface area contributed by atoms with Gasteiger partial charge in [-0.05, 0) is 72.7 Å². The average molecular weight is 642 g/mol. The van der Waals surface area contributed by atoms with E-state index in [1.165, 1.54) is 6.07 Å². The molecule has 1 saturated heterocycles. The van der Waals surface area contributed by atoms with Crippen molar-refractivity contribution in [3.8, 4) is 5.75 Å². The molecule has 0 saturated carbocycles. The number of nitrogens with zero attached hydrogens (tertiary/aromatic N) is 1. The van der Waals surface area contributed by atoms with Crippen LogP contribution in [0, 0.1) is 17.8 Å². The molecule has 2 aliphatic rings. The molecule has 2 amide bonds. The van der Waals surface area contributed by atoms with E-state index in [-0.39, 0.29) is 40.7 Å². The van der Waals surface area contributed by atoms with E-state index < -0.39 is 78.1 Å². The second-order valence-corrected chi connectivity index (χ2v) is 11.3. The lowest BCUT2D eigenvalue weighted by Crippen LogP contribution is -2.39. The number of phenols is 1. The lowest BCUT2D eigenvalue weighted by atomic mass is 9.68. The number of halogens is 6. The molecular formula is C32H33F6NO6. The predicted molar refractivity (Wildman–Crippen MR) is 151 cm³/mol. The summed E-state index contributed by atoms with van der Waals surface area (Å²) in [6, 6.07) is 7.03. The van der Waals surface area contributed by atoms with Crippen molar-refractivity contribution in [2.45, 2.75) is 57.5 Å². The molecule has 2 aromatic rings. The number of carbonyl (C=O) groups excluding carboxylic acids is 2. The van der Waals surface area contributed by atoms with Gasteiger partial charge in [0, 0.05) is 5.92 Å². The molecule has 1 aliphatic carbocycles. The minimum atomic E-state index is -5.21. The van der Waals surface area contributed by atoms with E-state index in [9.17, 15) is 56.4 Å². The Hall–Kier alpha value is -3.68. The Balaban J connectivity index is 1.66. The van der Waals surface area contributed by atoms with Crippen molar-refractivity contribution < 1.29 is 56.4 Å². The predicted octanol–water partition coefficient (Wildman–Crippen LogP) is 5.86. The molecule has 7 nitrogen and oxygen atoms in total. The Morgan fingerprint density at radius 3 is 2.16 bits per heavy atom. The summed E-state index contributed by atoms with van der Waals surface area (Å²) in [5, 5.41) is 41.6. The number of aromatic hydroxyl groups is 1. The van der Waals surface area contributed by atoms with Crippen LogP contribution in [-0.4, -0.2) is 51.6 Å². The van der Waals surface area contributed by atoms with Crippen LogP contribution in [0.4, 0.5) is 32.0 Å². The number of hydrogen-bond donors (Lipinski definition) is 4. The molecule has 0 bridgehead atoms. The fourth-order valence-electron chi connectivity index (χ4n) is 6.35. The molecule has 4 N–H and O–H groups in total. The van der Waals surface area contributed by atoms with Gasteiger partial charge in [-0.25, -0.2) is 4.90 Å². The van der Waals surface area contributed by atoms with Gasteiger partial charge in [0.2, 0.25) is 11.8 Å². The van der Waals surface area contributed by atoms with Crippen molar-refractivity contribution >= 4 is 23.6 Å². The first-order valence-corrected chi connectivity index (χ1v) is 14.4. The van der Waals surface area contributed by atoms with E-state index in [2.05, 4.69) is 0 Å². The zero-order valence-corrected chi connectivity index (χ0v) is 24.2. The Morgan fingerprint density at radius 2 is 1.62 bits per heavy atom. The van der Waals surface area contributed by atoms with Crippen LogP contribution in [0.3, 0.4) is 0 Å². The summed E-state index contributed by atoms with van der Waals surface area (Å²) < 4.78 is 81.1. The number of aliphatic hydroxyl groups is 3. The summed E-state index contributed by atoms with van der Waals surface area (Å²) >= 11 is 0. The van der Waals surface area contributed by atoms with Gasteiger partial charge in [-0.3, -0.25) is 9.59 Å². The number of benzene rings is 2. The first-order chi connectivity index (χ1) is 21.1. The van der Waals surface area contributed by atoms with Crippen LogP contribution in [0.1, 0.15) is 55.7 Å². The number of hydrogen-bond acceptors (Lipinski definition) is 6. The van der Waals surface area contributed by atoms with Crippen LogP contribution >= 0.6 is 0 Å². The fourth-order valence-corrected chi connectivity index (χ4v) is 6.35. The van der Waals surface area contributed by atoms with E-state index in [1.807, 2.05) is 13.0 Å². The maximum atomic E-state index is 13.6. The van der Waals surface area contributed by atoms with Gasteiger partial charge in [-0.1, -0.05) is 37.1 Å². The Labute approximate surface area is 255 Å². The molecule has 0 radical (unpaired) electrons. The minimum Gasteiger partial charge on any atom is -0.508 e. The van der Waals surface area contributed by atoms with E-state index in [4.69, 9.17) is 0 Å². The zero-order valence-electron chi connectivity index (χ0n) is 24.2. The van der Waals surface area contributed by atoms with E-state index >= 15 is 0 Å². The maximum absolute atomic E-state index is 13.6. The molecule has 4 atom stereocenters. The number of alkyl halides is 6. The molecule has 0 aromatic heterocycles. The molecule has 1 fully saturated rings. The van der Waals surface area contributed by atoms with Crippen LogP contribution in [0.5, 0.6) is 5.75 Å². The summed E-state index contributed by atoms with van der Waals surface area (Å²) in [6.07, 6.45) is -8.27. The molecule has 4 rings (SSSR count). The van der Waals surface area contributed by atoms with Crippen molar-refractivity contribution in [2.75, 3.05) is 18.1 Å². The first kappa shape index (κ1) is 34.2. The minimum absolute atomic E-state index is 0.0736. The zero-order chi connectivity index (χ0) is 33.3. The van der Waals surface area contributed by atoms with Crippen LogP contribution in [-0.2, 0) is 21.9 Å². The second kappa shape index (κ2) is 13.4. The Morgan fingerprint density at radius 1 is 0.978 bits per heavy atom. The van der Waals surface area contributed by atoms with Gasteiger partial charge >= 0.3 is 12.4 Å². The van der Waals surface area contributed by atoms with Gasteiger partial charge in [0.25, 0.3) is 0 Å². The van der Waals surface area contributed by atoms with Crippen LogP contribution < -0.4 is 4.90 Å². The van der Waals surface area contributed by atoms with Crippen molar-refractivity contribution in [2.24, 2.45) is 17.8 Å². The number of imide groups is 1. The average Bonchev–Trinajstić information content (AvgIpc) is 3.22. The van der Waals surface area contributed by atoms with Gasteiger partial charge in [-0.15, -0.1) is 0 Å². The van der Waals surface area contributed by atoms with Gasteiger partial charge in [0.1, 0.15) is 5.75 Å². The highest BCUT2D eigenvalue weighted by Gasteiger charge is 2.55. The SMILES string of the molecule is CCC/C(=C\c1cccc(O)c1)CC[C@@H](O)C1=C(CO)C[C@H]2C(=O)N(c3cc(C(F)(F)F)cc(C(F)(F)F)c3)C(=O)[C@H]2[C@H]1CO. The molecule has 0 unspecified atom stereocenters. The van der Waals surface area contributed by atoms with Gasteiger partial charge < -0.3 is 20.4 Å². The summed E-state index contributed by atoms with van der Waals surface area (Å²) in [4.78, 5) is 27.3. The standard InChI is InChI=1S/C32H33F6NO6/c1-2-4-17(9-18-5-3-6-23(42)10-18)7-8-26(43)27-19(15-40)11-24-28(25(27)16-41)30(45)39(29(24)44)22-13-20(31(33,34)35)12-21(14-22)32(36,37)38/h3,5-6,9-10,12-14,24-26,28,40-43H,2,4,7-8,11,15-16H2,1H3/b17-9+/t24-,25+,26-,28-/m1/s1. The Bertz CT molecular complexity index is 1470. The summed E-state index contributed by atoms with van der Waals surface area (Å²) in [5.41, 5.74) is -2.37. The van der Waals surface area contributed by atoms with Crippen molar-refractivity contribution in [1.82, 2.24) is 0 Å². The van der Waals surface area contributed by atoms with Crippen LogP contribution in [0.25, 0.3) is 6.08 Å². The maximum Gasteiger partial charge on any atom is 0.416 e. The number of amides is 2. The first-order valence-electron chi connectivity index (χ1n) is 14.4. The van der Waals surface area contributed by atoms with Gasteiger partial charge in [0.05, 0.1) is 48.0 Å². The number of fused-ring (bicyclic) bond motifs is 1. The lowest BCUT2D eigenvalue weighted by Gasteiger charge is -2.36. The molecule has 0 spiro atoms. The second-order valence-electron chi connectivity index (χ2n) is 11.3. The van der Waals surface area contributed by atoms with Gasteiger partial charge in [-0.2, -0.15) is 26.3 Å². The smallest absolute Gasteiger partial charge is 0.416 e. The molecule has 244 valence electrons. The monoisotopic (exact) mass is 641 g/mol. The number of anilines is 1. The molecule has 2 aromatic carbocycles. The summed E-state index contributed by atoms with van der Waals surface area (Å²) in [6.45, 7) is 0.524. The van der Waals surface area contributed by atoms with Crippen molar-refractivity contribution in [3.63, 3.8) is 0 Å². The number of aliphatic hydroxyl groups excluding tert-OH is 3. The summed E-state index contributed by atoms with van der Waals surface area (Å²) in [7, 11) is 0. The lowest BCUT2D eigenvalue weighted by molar-refractivity contribution is -0.143. The highest BCUT2D eigenvalue weighted by molar-refractivity contribution is 6.22. The molecule has 45 heavy (non-hydrogen) atoms. The van der Waals surface area contributed by atoms with E-state index in [1.54, 1.807) is 18.2 Å². The number of carbonyl (C=O) groups is 2. The molecule has 13 heteroatoms. The Kier molecular flexibility index (Phi) is 10.1. The third-order valence-corrected chi connectivity index (χ3v) is 8.31. The fraction of sp³-hybridized carbons (Fsp3) is 0.438. The number of phenolic OH excluding ortho intramolecular Hbond substituents is 1. The van der Waals surface area contributed by atoms with Crippen LogP contribution in [0.15, 0.2) is 59.2 Å². The van der Waals surface area contributed by atoms with Crippen molar-refractivity contribution in [3.05, 3.63) is 75.9 Å². The van der Waals surface area contributed by atoms with E-state index in [0.29, 0.717) is 25.0 Å². The molecule has 1 aliphatic heterocycles. The topological polar surface area (TPSA) is 118 Å². The highest BCUT2D eigenvalue weighted by atomic mass is 19.4. The third-order valence-electron chi connectivity index (χ3n) is 8.31. The number of rotatable bonds is 10. The number of allylic oxidation sites excluding steroid dienone is 1. The van der Waals surface area contributed by atoms with Gasteiger partial charge in [0.15, 0.2) is 0 Å². The van der Waals surface area contributed by atoms with Crippen molar-refractivity contribution in [1.29, 1.82) is 0 Å². The van der Waals surface area contributed by atoms with E-state index in [0.717, 1.165) is 17.6 Å². The molecule has 1 heterocycles. The van der Waals surface area contributed by atoms with Crippen LogP contribution in [0.2, 0.25) is 0 Å².